The standard InChI is InChI=1S/C37H26N4O3/c38-21-27-11-13-33-29(15-27)17-31(19-35(33)43-23-25-7-3-1-4-8-25)40-37(42)41-32-18-30-16-28(22-39)12-14-34(30)36(20-32)44-24-26-9-5-2-6-10-26/h1-20H,23-24H2,(H2,40,41,42). The third-order valence-electron chi connectivity index (χ3n) is 7.08. The van der Waals surface area contributed by atoms with Crippen molar-refractivity contribution in [2.24, 2.45) is 0 Å². The SMILES string of the molecule is N#Cc1ccc2c(OCc3ccccc3)cc(NC(=O)Nc3cc(OCc4ccccc4)c4ccc(C#N)cc4c3)cc2c1. The fraction of sp³-hybridized carbons (Fsp3) is 0.0541. The van der Waals surface area contributed by atoms with Crippen LogP contribution in [0.2, 0.25) is 0 Å². The molecular formula is C37H26N4O3. The first-order chi connectivity index (χ1) is 21.6. The van der Waals surface area contributed by atoms with Crippen LogP contribution in [0.5, 0.6) is 11.5 Å². The summed E-state index contributed by atoms with van der Waals surface area (Å²) in [7, 11) is 0. The van der Waals surface area contributed by atoms with Crippen LogP contribution in [0.4, 0.5) is 16.2 Å². The lowest BCUT2D eigenvalue weighted by Crippen LogP contribution is -2.19. The zero-order valence-electron chi connectivity index (χ0n) is 23.6. The molecule has 212 valence electrons. The predicted molar refractivity (Wildman–Crippen MR) is 172 cm³/mol. The number of hydrogen-bond acceptors (Lipinski definition) is 5. The monoisotopic (exact) mass is 574 g/mol. The van der Waals surface area contributed by atoms with Crippen LogP contribution in [0.1, 0.15) is 22.3 Å². The molecule has 7 heteroatoms. The molecule has 2 N–H and O–H groups in total. The number of nitriles is 2. The third-order valence-corrected chi connectivity index (χ3v) is 7.08. The van der Waals surface area contributed by atoms with Gasteiger partial charge in [0.05, 0.1) is 23.3 Å². The van der Waals surface area contributed by atoms with Gasteiger partial charge in [0.25, 0.3) is 0 Å². The van der Waals surface area contributed by atoms with Gasteiger partial charge in [-0.1, -0.05) is 60.7 Å². The number of rotatable bonds is 8. The van der Waals surface area contributed by atoms with Crippen LogP contribution in [-0.4, -0.2) is 6.03 Å². The Bertz CT molecular complexity index is 1910. The highest BCUT2D eigenvalue weighted by Gasteiger charge is 2.13. The highest BCUT2D eigenvalue weighted by Crippen LogP contribution is 2.33. The number of carbonyl (C=O) groups is 1. The topological polar surface area (TPSA) is 107 Å². The van der Waals surface area contributed by atoms with Gasteiger partial charge in [-0.3, -0.25) is 0 Å². The lowest BCUT2D eigenvalue weighted by molar-refractivity contribution is 0.262. The van der Waals surface area contributed by atoms with Crippen molar-refractivity contribution in [3.05, 3.63) is 144 Å². The third kappa shape index (κ3) is 6.44. The number of fused-ring (bicyclic) bond motifs is 2. The molecule has 0 aromatic heterocycles. The van der Waals surface area contributed by atoms with Crippen LogP contribution in [0, 0.1) is 22.7 Å². The Hall–Kier alpha value is -6.31. The summed E-state index contributed by atoms with van der Waals surface area (Å²) in [6.07, 6.45) is 0. The molecule has 0 heterocycles. The largest absolute Gasteiger partial charge is 0.488 e. The first-order valence-corrected chi connectivity index (χ1v) is 14.0. The number of ether oxygens (including phenoxy) is 2. The quantitative estimate of drug-likeness (QED) is 0.189. The van der Waals surface area contributed by atoms with Crippen LogP contribution in [0.25, 0.3) is 21.5 Å². The lowest BCUT2D eigenvalue weighted by Gasteiger charge is -2.15. The number of benzene rings is 6. The smallest absolute Gasteiger partial charge is 0.323 e. The van der Waals surface area contributed by atoms with Gasteiger partial charge in [0.1, 0.15) is 24.7 Å². The van der Waals surface area contributed by atoms with E-state index in [4.69, 9.17) is 9.47 Å². The van der Waals surface area contributed by atoms with E-state index in [1.54, 1.807) is 48.5 Å². The van der Waals surface area contributed by atoms with E-state index in [-0.39, 0.29) is 0 Å². The first-order valence-electron chi connectivity index (χ1n) is 14.0. The molecule has 2 amide bonds. The minimum absolute atomic E-state index is 0.346. The van der Waals surface area contributed by atoms with E-state index in [1.807, 2.05) is 72.8 Å². The summed E-state index contributed by atoms with van der Waals surface area (Å²) >= 11 is 0. The van der Waals surface area contributed by atoms with Crippen molar-refractivity contribution in [2.45, 2.75) is 13.2 Å². The molecule has 0 unspecified atom stereocenters. The van der Waals surface area contributed by atoms with Gasteiger partial charge in [-0.25, -0.2) is 4.79 Å². The molecule has 0 aliphatic rings. The van der Waals surface area contributed by atoms with Crippen LogP contribution >= 0.6 is 0 Å². The molecule has 0 atom stereocenters. The van der Waals surface area contributed by atoms with E-state index in [0.29, 0.717) is 47.2 Å². The number of amides is 2. The predicted octanol–water partition coefficient (Wildman–Crippen LogP) is 8.54. The minimum Gasteiger partial charge on any atom is -0.488 e. The van der Waals surface area contributed by atoms with E-state index in [9.17, 15) is 15.3 Å². The summed E-state index contributed by atoms with van der Waals surface area (Å²) in [5.41, 5.74) is 4.02. The highest BCUT2D eigenvalue weighted by molar-refractivity contribution is 6.04. The molecule has 0 saturated carbocycles. The van der Waals surface area contributed by atoms with Crippen molar-refractivity contribution in [3.8, 4) is 23.6 Å². The zero-order valence-corrected chi connectivity index (χ0v) is 23.6. The molecule has 6 aromatic rings. The van der Waals surface area contributed by atoms with E-state index in [1.165, 1.54) is 0 Å². The molecule has 7 nitrogen and oxygen atoms in total. The Morgan fingerprint density at radius 2 is 1.00 bits per heavy atom. The van der Waals surface area contributed by atoms with Gasteiger partial charge in [-0.2, -0.15) is 10.5 Å². The Kier molecular flexibility index (Phi) is 8.03. The van der Waals surface area contributed by atoms with Gasteiger partial charge < -0.3 is 20.1 Å². The number of carbonyl (C=O) groups excluding carboxylic acids is 1. The Balaban J connectivity index is 1.27. The molecule has 0 saturated heterocycles. The van der Waals surface area contributed by atoms with Crippen molar-refractivity contribution in [1.82, 2.24) is 0 Å². The maximum Gasteiger partial charge on any atom is 0.323 e. The molecule has 0 radical (unpaired) electrons. The summed E-state index contributed by atoms with van der Waals surface area (Å²) in [4.78, 5) is 13.3. The van der Waals surface area contributed by atoms with E-state index >= 15 is 0 Å². The highest BCUT2D eigenvalue weighted by atomic mass is 16.5. The zero-order chi connectivity index (χ0) is 30.3. The maximum absolute atomic E-state index is 13.3. The van der Waals surface area contributed by atoms with Crippen LogP contribution in [0.3, 0.4) is 0 Å². The average Bonchev–Trinajstić information content (AvgIpc) is 3.06. The number of nitrogens with one attached hydrogen (secondary N) is 2. The summed E-state index contributed by atoms with van der Waals surface area (Å²) < 4.78 is 12.3. The second-order valence-electron chi connectivity index (χ2n) is 10.2. The van der Waals surface area contributed by atoms with Crippen molar-refractivity contribution in [3.63, 3.8) is 0 Å². The molecule has 6 aromatic carbocycles. The molecule has 0 fully saturated rings. The van der Waals surface area contributed by atoms with Gasteiger partial charge in [0, 0.05) is 34.3 Å². The molecule has 0 aliphatic carbocycles. The second kappa shape index (κ2) is 12.7. The Labute approximate surface area is 254 Å². The normalized spacial score (nSPS) is 10.5. The fourth-order valence-corrected chi connectivity index (χ4v) is 4.96. The summed E-state index contributed by atoms with van der Waals surface area (Å²) in [6.45, 7) is 0.693. The molecule has 6 rings (SSSR count). The van der Waals surface area contributed by atoms with Crippen LogP contribution in [-0.2, 0) is 13.2 Å². The van der Waals surface area contributed by atoms with Crippen molar-refractivity contribution < 1.29 is 14.3 Å². The molecule has 0 spiro atoms. The minimum atomic E-state index is -0.473. The van der Waals surface area contributed by atoms with Crippen molar-refractivity contribution in [1.29, 1.82) is 10.5 Å². The number of anilines is 2. The maximum atomic E-state index is 13.3. The van der Waals surface area contributed by atoms with E-state index in [2.05, 4.69) is 22.8 Å². The lowest BCUT2D eigenvalue weighted by atomic mass is 10.1. The number of nitrogens with zero attached hydrogens (tertiary/aromatic N) is 2. The van der Waals surface area contributed by atoms with E-state index in [0.717, 1.165) is 32.7 Å². The van der Waals surface area contributed by atoms with Crippen LogP contribution < -0.4 is 20.1 Å². The summed E-state index contributed by atoms with van der Waals surface area (Å²) in [5.74, 6) is 1.16. The number of urea groups is 1. The molecular weight excluding hydrogens is 548 g/mol. The summed E-state index contributed by atoms with van der Waals surface area (Å²) in [6, 6.07) is 41.3. The molecule has 44 heavy (non-hydrogen) atoms. The van der Waals surface area contributed by atoms with E-state index < -0.39 is 6.03 Å². The van der Waals surface area contributed by atoms with Crippen LogP contribution in [0.15, 0.2) is 121 Å². The first kappa shape index (κ1) is 27.8. The van der Waals surface area contributed by atoms with Crippen molar-refractivity contribution in [2.75, 3.05) is 10.6 Å². The van der Waals surface area contributed by atoms with Gasteiger partial charge in [0.2, 0.25) is 0 Å². The summed E-state index contributed by atoms with van der Waals surface area (Å²) in [5, 5.41) is 27.9. The van der Waals surface area contributed by atoms with Gasteiger partial charge in [-0.15, -0.1) is 0 Å². The fourth-order valence-electron chi connectivity index (χ4n) is 4.96. The van der Waals surface area contributed by atoms with Gasteiger partial charge >= 0.3 is 6.03 Å². The second-order valence-corrected chi connectivity index (χ2v) is 10.2. The average molecular weight is 575 g/mol. The van der Waals surface area contributed by atoms with Gasteiger partial charge in [-0.05, 0) is 70.4 Å². The Morgan fingerprint density at radius 1 is 0.568 bits per heavy atom. The van der Waals surface area contributed by atoms with Crippen molar-refractivity contribution >= 4 is 39.0 Å². The molecule has 0 aliphatic heterocycles. The Morgan fingerprint density at radius 3 is 1.41 bits per heavy atom. The molecule has 0 bridgehead atoms. The van der Waals surface area contributed by atoms with Gasteiger partial charge in [0.15, 0.2) is 0 Å². The number of hydrogen-bond donors (Lipinski definition) is 2.